The lowest BCUT2D eigenvalue weighted by atomic mass is 10.1. The Labute approximate surface area is 121 Å². The van der Waals surface area contributed by atoms with E-state index in [1.54, 1.807) is 13.2 Å². The van der Waals surface area contributed by atoms with Gasteiger partial charge in [0.1, 0.15) is 5.82 Å². The largest absolute Gasteiger partial charge is 0.381 e. The van der Waals surface area contributed by atoms with Crippen LogP contribution in [0.15, 0.2) is 18.2 Å². The summed E-state index contributed by atoms with van der Waals surface area (Å²) in [4.78, 5) is 2.31. The number of rotatable bonds is 6. The summed E-state index contributed by atoms with van der Waals surface area (Å²) in [7, 11) is 1.77. The van der Waals surface area contributed by atoms with Crippen molar-refractivity contribution in [2.75, 3.05) is 26.7 Å². The molecule has 0 aliphatic carbocycles. The molecule has 1 fully saturated rings. The number of hydrogen-bond acceptors (Lipinski definition) is 3. The van der Waals surface area contributed by atoms with Crippen LogP contribution >= 0.6 is 0 Å². The van der Waals surface area contributed by atoms with Gasteiger partial charge in [-0.3, -0.25) is 4.90 Å². The minimum atomic E-state index is -0.0980. The fraction of sp³-hybridized carbons (Fsp3) is 0.625. The highest BCUT2D eigenvalue weighted by atomic mass is 19.1. The topological polar surface area (TPSA) is 24.5 Å². The molecule has 20 heavy (non-hydrogen) atoms. The molecule has 1 saturated heterocycles. The van der Waals surface area contributed by atoms with E-state index in [4.69, 9.17) is 4.74 Å². The van der Waals surface area contributed by atoms with Gasteiger partial charge in [0.15, 0.2) is 0 Å². The molecule has 0 saturated carbocycles. The van der Waals surface area contributed by atoms with Crippen LogP contribution in [0.25, 0.3) is 0 Å². The molecule has 0 spiro atoms. The lowest BCUT2D eigenvalue weighted by Gasteiger charge is -2.31. The average molecular weight is 280 g/mol. The van der Waals surface area contributed by atoms with Gasteiger partial charge in [-0.25, -0.2) is 4.39 Å². The first-order valence-corrected chi connectivity index (χ1v) is 7.46. The lowest BCUT2D eigenvalue weighted by molar-refractivity contribution is 0.0386. The Balaban J connectivity index is 1.94. The van der Waals surface area contributed by atoms with E-state index in [9.17, 15) is 4.39 Å². The lowest BCUT2D eigenvalue weighted by Crippen LogP contribution is -2.36. The monoisotopic (exact) mass is 280 g/mol. The predicted molar refractivity (Wildman–Crippen MR) is 79.1 cm³/mol. The molecule has 112 valence electrons. The standard InChI is InChI=1S/C16H25FN2O/c1-3-18-11-13-4-5-16(17)14(10-13)12-19-8-6-15(20-2)7-9-19/h4-5,10,15,18H,3,6-9,11-12H2,1-2H3. The van der Waals surface area contributed by atoms with E-state index >= 15 is 0 Å². The molecule has 0 unspecified atom stereocenters. The zero-order valence-corrected chi connectivity index (χ0v) is 12.5. The van der Waals surface area contributed by atoms with Crippen molar-refractivity contribution in [3.05, 3.63) is 35.1 Å². The molecule has 1 heterocycles. The van der Waals surface area contributed by atoms with Crippen LogP contribution in [0.5, 0.6) is 0 Å². The van der Waals surface area contributed by atoms with Gasteiger partial charge in [-0.2, -0.15) is 0 Å². The SMILES string of the molecule is CCNCc1ccc(F)c(CN2CCC(OC)CC2)c1. The Bertz CT molecular complexity index is 417. The number of likely N-dealkylation sites (tertiary alicyclic amines) is 1. The molecule has 1 aliphatic heterocycles. The van der Waals surface area contributed by atoms with Crippen molar-refractivity contribution >= 4 is 0 Å². The molecule has 0 amide bonds. The zero-order valence-electron chi connectivity index (χ0n) is 12.5. The molecule has 2 rings (SSSR count). The van der Waals surface area contributed by atoms with Crippen molar-refractivity contribution in [3.63, 3.8) is 0 Å². The number of ether oxygens (including phenoxy) is 1. The molecule has 1 aromatic carbocycles. The molecule has 1 aliphatic rings. The first-order chi connectivity index (χ1) is 9.72. The van der Waals surface area contributed by atoms with Crippen LogP contribution in [-0.2, 0) is 17.8 Å². The third kappa shape index (κ3) is 4.27. The quantitative estimate of drug-likeness (QED) is 0.866. The minimum absolute atomic E-state index is 0.0980. The Kier molecular flexibility index (Phi) is 5.95. The van der Waals surface area contributed by atoms with Gasteiger partial charge < -0.3 is 10.1 Å². The summed E-state index contributed by atoms with van der Waals surface area (Å²) in [6.07, 6.45) is 2.45. The van der Waals surface area contributed by atoms with Crippen molar-refractivity contribution in [1.29, 1.82) is 0 Å². The number of nitrogens with one attached hydrogen (secondary N) is 1. The second-order valence-corrected chi connectivity index (χ2v) is 5.42. The fourth-order valence-corrected chi connectivity index (χ4v) is 2.67. The van der Waals surface area contributed by atoms with Gasteiger partial charge in [0, 0.05) is 38.9 Å². The first-order valence-electron chi connectivity index (χ1n) is 7.46. The Hall–Kier alpha value is -0.970. The Morgan fingerprint density at radius 3 is 2.75 bits per heavy atom. The number of halogens is 1. The van der Waals surface area contributed by atoms with Gasteiger partial charge in [0.05, 0.1) is 6.10 Å². The van der Waals surface area contributed by atoms with Gasteiger partial charge in [-0.15, -0.1) is 0 Å². The van der Waals surface area contributed by atoms with E-state index in [1.165, 1.54) is 0 Å². The molecule has 3 nitrogen and oxygen atoms in total. The van der Waals surface area contributed by atoms with Gasteiger partial charge in [-0.1, -0.05) is 19.1 Å². The van der Waals surface area contributed by atoms with Crippen molar-refractivity contribution in [2.24, 2.45) is 0 Å². The zero-order chi connectivity index (χ0) is 14.4. The third-order valence-electron chi connectivity index (χ3n) is 3.95. The normalized spacial score (nSPS) is 17.6. The maximum Gasteiger partial charge on any atom is 0.127 e. The van der Waals surface area contributed by atoms with Crippen LogP contribution in [0.4, 0.5) is 4.39 Å². The van der Waals surface area contributed by atoms with Crippen LogP contribution < -0.4 is 5.32 Å². The van der Waals surface area contributed by atoms with Crippen LogP contribution in [0, 0.1) is 5.82 Å². The summed E-state index contributed by atoms with van der Waals surface area (Å²) in [5.41, 5.74) is 1.95. The number of benzene rings is 1. The van der Waals surface area contributed by atoms with Gasteiger partial charge in [0.25, 0.3) is 0 Å². The molecule has 0 radical (unpaired) electrons. The second kappa shape index (κ2) is 7.72. The summed E-state index contributed by atoms with van der Waals surface area (Å²) in [6.45, 7) is 6.46. The molecular formula is C16H25FN2O. The second-order valence-electron chi connectivity index (χ2n) is 5.42. The molecule has 1 N–H and O–H groups in total. The molecule has 0 atom stereocenters. The van der Waals surface area contributed by atoms with E-state index < -0.39 is 0 Å². The molecule has 0 aromatic heterocycles. The molecular weight excluding hydrogens is 255 g/mol. The predicted octanol–water partition coefficient (Wildman–Crippen LogP) is 2.55. The Morgan fingerprint density at radius 1 is 1.35 bits per heavy atom. The minimum Gasteiger partial charge on any atom is -0.381 e. The van der Waals surface area contributed by atoms with Crippen molar-refractivity contribution in [1.82, 2.24) is 10.2 Å². The smallest absolute Gasteiger partial charge is 0.127 e. The van der Waals surface area contributed by atoms with E-state index in [0.717, 1.165) is 50.1 Å². The maximum absolute atomic E-state index is 13.9. The van der Waals surface area contributed by atoms with Gasteiger partial charge in [-0.05, 0) is 31.0 Å². The van der Waals surface area contributed by atoms with E-state index in [1.807, 2.05) is 12.1 Å². The number of piperidine rings is 1. The summed E-state index contributed by atoms with van der Waals surface area (Å²) in [5.74, 6) is -0.0980. The van der Waals surface area contributed by atoms with E-state index in [2.05, 4.69) is 17.1 Å². The highest BCUT2D eigenvalue weighted by Crippen LogP contribution is 2.18. The first kappa shape index (κ1) is 15.4. The van der Waals surface area contributed by atoms with E-state index in [-0.39, 0.29) is 5.82 Å². The van der Waals surface area contributed by atoms with Gasteiger partial charge >= 0.3 is 0 Å². The molecule has 1 aromatic rings. The van der Waals surface area contributed by atoms with E-state index in [0.29, 0.717) is 12.6 Å². The van der Waals surface area contributed by atoms with Crippen LogP contribution in [0.1, 0.15) is 30.9 Å². The summed E-state index contributed by atoms with van der Waals surface area (Å²) < 4.78 is 19.3. The van der Waals surface area contributed by atoms with Gasteiger partial charge in [0.2, 0.25) is 0 Å². The molecule has 4 heteroatoms. The summed E-state index contributed by atoms with van der Waals surface area (Å²) >= 11 is 0. The maximum atomic E-state index is 13.9. The van der Waals surface area contributed by atoms with Crippen LogP contribution in [-0.4, -0.2) is 37.7 Å². The van der Waals surface area contributed by atoms with Crippen molar-refractivity contribution < 1.29 is 9.13 Å². The Morgan fingerprint density at radius 2 is 2.10 bits per heavy atom. The van der Waals surface area contributed by atoms with Crippen LogP contribution in [0.3, 0.4) is 0 Å². The van der Waals surface area contributed by atoms with Crippen molar-refractivity contribution in [3.8, 4) is 0 Å². The average Bonchev–Trinajstić information content (AvgIpc) is 2.49. The fourth-order valence-electron chi connectivity index (χ4n) is 2.67. The number of hydrogen-bond donors (Lipinski definition) is 1. The highest BCUT2D eigenvalue weighted by Gasteiger charge is 2.19. The van der Waals surface area contributed by atoms with Crippen molar-refractivity contribution in [2.45, 2.75) is 39.0 Å². The highest BCUT2D eigenvalue weighted by molar-refractivity contribution is 5.25. The summed E-state index contributed by atoms with van der Waals surface area (Å²) in [5, 5.41) is 3.28. The number of methoxy groups -OCH3 is 1. The van der Waals surface area contributed by atoms with Crippen LogP contribution in [0.2, 0.25) is 0 Å². The summed E-state index contributed by atoms with van der Waals surface area (Å²) in [6, 6.07) is 5.43. The molecule has 0 bridgehead atoms. The third-order valence-corrected chi connectivity index (χ3v) is 3.95. The number of nitrogens with zero attached hydrogens (tertiary/aromatic N) is 1.